The molecule has 0 saturated carbocycles. The van der Waals surface area contributed by atoms with Crippen LogP contribution in [-0.4, -0.2) is 14.2 Å². The van der Waals surface area contributed by atoms with Gasteiger partial charge in [0.2, 0.25) is 4.96 Å². The predicted octanol–water partition coefficient (Wildman–Crippen LogP) is 0.390. The van der Waals surface area contributed by atoms with Crippen LogP contribution in [-0.2, 0) is 6.54 Å². The minimum absolute atomic E-state index is 0.00662. The van der Waals surface area contributed by atoms with Crippen LogP contribution in [0.5, 0.6) is 0 Å². The zero-order valence-corrected chi connectivity index (χ0v) is 7.71. The Hall–Kier alpha value is -1.61. The average Bonchev–Trinajstić information content (AvgIpc) is 2.58. The van der Waals surface area contributed by atoms with Crippen molar-refractivity contribution in [3.63, 3.8) is 0 Å². The van der Waals surface area contributed by atoms with Gasteiger partial charge < -0.3 is 0 Å². The third-order valence-corrected chi connectivity index (χ3v) is 2.65. The summed E-state index contributed by atoms with van der Waals surface area (Å²) in [5.41, 5.74) is 0.615. The molecule has 0 amide bonds. The molecule has 2 rings (SSSR count). The lowest BCUT2D eigenvalue weighted by Gasteiger charge is -1.86. The Labute approximate surface area is 77.5 Å². The van der Waals surface area contributed by atoms with Crippen molar-refractivity contribution >= 4 is 16.3 Å². The fraction of sp³-hybridized carbons (Fsp3) is 0.286. The highest BCUT2D eigenvalue weighted by molar-refractivity contribution is 7.15. The molecule has 0 N–H and O–H groups in total. The van der Waals surface area contributed by atoms with E-state index >= 15 is 0 Å². The maximum absolute atomic E-state index is 11.5. The Morgan fingerprint density at radius 1 is 1.77 bits per heavy atom. The summed E-state index contributed by atoms with van der Waals surface area (Å²) in [5.74, 6) is 0. The standard InChI is InChI=1S/C7H6N4OS/c1-5-4-13-6-9-10(3-2-8)7(12)11(5)6/h4H,3H2,1H3. The van der Waals surface area contributed by atoms with E-state index in [0.717, 1.165) is 5.69 Å². The van der Waals surface area contributed by atoms with Crippen molar-refractivity contribution in [2.45, 2.75) is 13.5 Å². The van der Waals surface area contributed by atoms with Gasteiger partial charge in [0.1, 0.15) is 6.54 Å². The summed E-state index contributed by atoms with van der Waals surface area (Å²) < 4.78 is 2.67. The Morgan fingerprint density at radius 3 is 3.15 bits per heavy atom. The van der Waals surface area contributed by atoms with Crippen molar-refractivity contribution in [3.8, 4) is 6.07 Å². The van der Waals surface area contributed by atoms with E-state index in [9.17, 15) is 4.79 Å². The molecular formula is C7H6N4OS. The molecule has 0 bridgehead atoms. The van der Waals surface area contributed by atoms with E-state index in [4.69, 9.17) is 5.26 Å². The number of nitriles is 1. The molecule has 0 aliphatic heterocycles. The Balaban J connectivity index is 2.77. The molecule has 0 aromatic carbocycles. The number of aryl methyl sites for hydroxylation is 1. The highest BCUT2D eigenvalue weighted by Crippen LogP contribution is 2.10. The van der Waals surface area contributed by atoms with E-state index < -0.39 is 0 Å². The monoisotopic (exact) mass is 194 g/mol. The van der Waals surface area contributed by atoms with Gasteiger partial charge in [-0.15, -0.1) is 16.4 Å². The summed E-state index contributed by atoms with van der Waals surface area (Å²) in [6.45, 7) is 1.84. The van der Waals surface area contributed by atoms with E-state index in [1.807, 2.05) is 18.4 Å². The van der Waals surface area contributed by atoms with Gasteiger partial charge in [-0.2, -0.15) is 9.94 Å². The molecule has 0 aliphatic carbocycles. The van der Waals surface area contributed by atoms with Gasteiger partial charge >= 0.3 is 5.69 Å². The second-order valence-electron chi connectivity index (χ2n) is 2.59. The van der Waals surface area contributed by atoms with Gasteiger partial charge in [-0.1, -0.05) is 0 Å². The minimum atomic E-state index is -0.240. The van der Waals surface area contributed by atoms with Crippen molar-refractivity contribution in [3.05, 3.63) is 21.6 Å². The molecule has 0 atom stereocenters. The molecule has 0 unspecified atom stereocenters. The molecule has 2 heterocycles. The number of fused-ring (bicyclic) bond motifs is 1. The third-order valence-electron chi connectivity index (χ3n) is 1.72. The van der Waals surface area contributed by atoms with E-state index in [1.165, 1.54) is 20.4 Å². The number of rotatable bonds is 1. The number of nitrogens with zero attached hydrogens (tertiary/aromatic N) is 4. The van der Waals surface area contributed by atoms with E-state index in [1.54, 1.807) is 0 Å². The lowest BCUT2D eigenvalue weighted by molar-refractivity contribution is 0.678. The molecule has 6 heteroatoms. The smallest absolute Gasteiger partial charge is 0.245 e. The first kappa shape index (κ1) is 8.01. The van der Waals surface area contributed by atoms with Gasteiger partial charge in [0.15, 0.2) is 0 Å². The first-order valence-electron chi connectivity index (χ1n) is 3.64. The zero-order chi connectivity index (χ0) is 9.42. The van der Waals surface area contributed by atoms with Crippen LogP contribution in [0.2, 0.25) is 0 Å². The predicted molar refractivity (Wildman–Crippen MR) is 47.7 cm³/mol. The molecular weight excluding hydrogens is 188 g/mol. The summed E-state index contributed by atoms with van der Waals surface area (Å²) in [6, 6.07) is 1.89. The van der Waals surface area contributed by atoms with Gasteiger partial charge in [0.05, 0.1) is 6.07 Å². The van der Waals surface area contributed by atoms with E-state index in [0.29, 0.717) is 4.96 Å². The Bertz CT molecular complexity index is 541. The van der Waals surface area contributed by atoms with Crippen molar-refractivity contribution in [2.24, 2.45) is 0 Å². The highest BCUT2D eigenvalue weighted by atomic mass is 32.1. The van der Waals surface area contributed by atoms with Crippen LogP contribution in [0.4, 0.5) is 0 Å². The second kappa shape index (κ2) is 2.71. The topological polar surface area (TPSA) is 63.1 Å². The molecule has 0 spiro atoms. The quantitative estimate of drug-likeness (QED) is 0.659. The van der Waals surface area contributed by atoms with E-state index in [-0.39, 0.29) is 12.2 Å². The van der Waals surface area contributed by atoms with E-state index in [2.05, 4.69) is 5.10 Å². The van der Waals surface area contributed by atoms with Crippen LogP contribution >= 0.6 is 11.3 Å². The summed E-state index contributed by atoms with van der Waals surface area (Å²) in [4.78, 5) is 12.2. The Morgan fingerprint density at radius 2 is 2.54 bits per heavy atom. The van der Waals surface area contributed by atoms with Crippen LogP contribution in [0, 0.1) is 18.3 Å². The number of thiazole rings is 1. The molecule has 0 aliphatic rings. The van der Waals surface area contributed by atoms with Gasteiger partial charge in [-0.05, 0) is 6.92 Å². The molecule has 66 valence electrons. The molecule has 2 aromatic rings. The van der Waals surface area contributed by atoms with Crippen molar-refractivity contribution in [1.29, 1.82) is 5.26 Å². The van der Waals surface area contributed by atoms with Gasteiger partial charge in [0, 0.05) is 11.1 Å². The first-order chi connectivity index (χ1) is 6.24. The van der Waals surface area contributed by atoms with Crippen molar-refractivity contribution < 1.29 is 0 Å². The lowest BCUT2D eigenvalue weighted by Crippen LogP contribution is -2.21. The Kier molecular flexibility index (Phi) is 1.67. The molecule has 0 radical (unpaired) electrons. The third kappa shape index (κ3) is 1.05. The number of aromatic nitrogens is 3. The summed E-state index contributed by atoms with van der Waals surface area (Å²) >= 11 is 1.40. The van der Waals surface area contributed by atoms with Crippen LogP contribution in [0.25, 0.3) is 4.96 Å². The largest absolute Gasteiger partial charge is 0.352 e. The average molecular weight is 194 g/mol. The van der Waals surface area contributed by atoms with Crippen LogP contribution in [0.3, 0.4) is 0 Å². The minimum Gasteiger partial charge on any atom is -0.245 e. The van der Waals surface area contributed by atoms with Crippen LogP contribution in [0.1, 0.15) is 5.69 Å². The number of hydrogen-bond acceptors (Lipinski definition) is 4. The fourth-order valence-corrected chi connectivity index (χ4v) is 1.98. The van der Waals surface area contributed by atoms with Crippen LogP contribution < -0.4 is 5.69 Å². The molecule has 5 nitrogen and oxygen atoms in total. The molecule has 13 heavy (non-hydrogen) atoms. The maximum Gasteiger partial charge on any atom is 0.352 e. The number of hydrogen-bond donors (Lipinski definition) is 0. The van der Waals surface area contributed by atoms with Crippen LogP contribution in [0.15, 0.2) is 10.2 Å². The normalized spacial score (nSPS) is 10.5. The van der Waals surface area contributed by atoms with Gasteiger partial charge in [0.25, 0.3) is 0 Å². The lowest BCUT2D eigenvalue weighted by atomic mass is 10.6. The fourth-order valence-electron chi connectivity index (χ4n) is 1.13. The summed E-state index contributed by atoms with van der Waals surface area (Å²) in [5, 5.41) is 14.3. The second-order valence-corrected chi connectivity index (χ2v) is 3.43. The van der Waals surface area contributed by atoms with Crippen molar-refractivity contribution in [1.82, 2.24) is 14.2 Å². The highest BCUT2D eigenvalue weighted by Gasteiger charge is 2.09. The summed E-state index contributed by atoms with van der Waals surface area (Å²) in [6.07, 6.45) is 0. The van der Waals surface area contributed by atoms with Gasteiger partial charge in [-0.3, -0.25) is 0 Å². The maximum atomic E-state index is 11.5. The SMILES string of the molecule is Cc1csc2nn(CC#N)c(=O)n12. The molecule has 2 aromatic heterocycles. The first-order valence-corrected chi connectivity index (χ1v) is 4.52. The zero-order valence-electron chi connectivity index (χ0n) is 6.89. The van der Waals surface area contributed by atoms with Crippen molar-refractivity contribution in [2.75, 3.05) is 0 Å². The van der Waals surface area contributed by atoms with Gasteiger partial charge in [-0.25, -0.2) is 9.20 Å². The summed E-state index contributed by atoms with van der Waals surface area (Å²) in [7, 11) is 0. The molecule has 0 fully saturated rings. The molecule has 0 saturated heterocycles.